The molecule has 0 fully saturated rings. The Bertz CT molecular complexity index is 284. The van der Waals surface area contributed by atoms with Crippen LogP contribution < -0.4 is 51.4 Å². The Labute approximate surface area is 167 Å². The average Bonchev–Trinajstić information content (AvgIpc) is 2.18. The standard InChI is InChI=1S/3C2H2O4.Fe.K.H2O/c3*3-1(4)2(5)6;;;/h3*(H,3,4)(H,5,6);;;1H2/q;;;+3;+1;. The largest absolute Gasteiger partial charge is 3.00 e. The normalized spacial score (nSPS) is 6.29. The number of rotatable bonds is 0. The van der Waals surface area contributed by atoms with E-state index in [1.807, 2.05) is 0 Å². The molecule has 0 aromatic heterocycles. The van der Waals surface area contributed by atoms with Gasteiger partial charge in [0, 0.05) is 0 Å². The van der Waals surface area contributed by atoms with Gasteiger partial charge >= 0.3 is 104 Å². The summed E-state index contributed by atoms with van der Waals surface area (Å²) >= 11 is 0. The Morgan fingerprint density at radius 2 is 0.476 bits per heavy atom. The third kappa shape index (κ3) is 45.4. The van der Waals surface area contributed by atoms with Crippen LogP contribution in [0.1, 0.15) is 0 Å². The SMILES string of the molecule is O.O=C(O)C(=O)O.O=C(O)C(=O)O.O=C(O)C(=O)O.[Fe+3].[K+]. The molecule has 0 amide bonds. The van der Waals surface area contributed by atoms with Crippen LogP contribution >= 0.6 is 0 Å². The monoisotopic (exact) mass is 383 g/mol. The van der Waals surface area contributed by atoms with E-state index in [1.54, 1.807) is 0 Å². The molecule has 0 rings (SSSR count). The van der Waals surface area contributed by atoms with Crippen molar-refractivity contribution in [2.75, 3.05) is 0 Å². The van der Waals surface area contributed by atoms with Crippen molar-refractivity contribution in [3.63, 3.8) is 0 Å². The Balaban J connectivity index is -0.0000000375. The molecule has 0 aliphatic carbocycles. The molecule has 8 N–H and O–H groups in total. The maximum absolute atomic E-state index is 9.10. The van der Waals surface area contributed by atoms with E-state index >= 15 is 0 Å². The molecule has 13 nitrogen and oxygen atoms in total. The number of hydrogen-bond donors (Lipinski definition) is 6. The number of aliphatic carboxylic acids is 6. The van der Waals surface area contributed by atoms with Crippen molar-refractivity contribution in [1.29, 1.82) is 0 Å². The molecule has 0 atom stereocenters. The predicted molar refractivity (Wildman–Crippen MR) is 49.4 cm³/mol. The van der Waals surface area contributed by atoms with Crippen LogP contribution in [0.2, 0.25) is 0 Å². The van der Waals surface area contributed by atoms with Crippen LogP contribution in [-0.2, 0) is 45.8 Å². The first-order chi connectivity index (χ1) is 7.93. The molecule has 0 aliphatic heterocycles. The van der Waals surface area contributed by atoms with Crippen LogP contribution in [0.25, 0.3) is 0 Å². The minimum atomic E-state index is -1.82. The number of carboxylic acids is 6. The van der Waals surface area contributed by atoms with E-state index in [1.165, 1.54) is 0 Å². The van der Waals surface area contributed by atoms with Gasteiger partial charge in [-0.25, -0.2) is 28.8 Å². The molecule has 115 valence electrons. The molecule has 0 saturated heterocycles. The molecular weight excluding hydrogens is 375 g/mol. The first-order valence-corrected chi connectivity index (χ1v) is 3.32. The van der Waals surface area contributed by atoms with Crippen LogP contribution in [0.3, 0.4) is 0 Å². The molecular formula is C6H8FeKO13+4. The van der Waals surface area contributed by atoms with Gasteiger partial charge in [0.15, 0.2) is 0 Å². The molecule has 0 spiro atoms. The average molecular weight is 383 g/mol. The second-order valence-corrected chi connectivity index (χ2v) is 1.83. The van der Waals surface area contributed by atoms with Gasteiger partial charge in [-0.3, -0.25) is 0 Å². The molecule has 21 heavy (non-hydrogen) atoms. The maximum Gasteiger partial charge on any atom is 3.00 e. The summed E-state index contributed by atoms with van der Waals surface area (Å²) in [5.74, 6) is -10.9. The molecule has 0 unspecified atom stereocenters. The zero-order chi connectivity index (χ0) is 15.5. The fourth-order valence-corrected chi connectivity index (χ4v) is 0. The van der Waals surface area contributed by atoms with Crippen molar-refractivity contribution in [2.24, 2.45) is 0 Å². The molecule has 0 aromatic rings. The van der Waals surface area contributed by atoms with E-state index in [0.29, 0.717) is 0 Å². The molecule has 15 heteroatoms. The van der Waals surface area contributed by atoms with Crippen molar-refractivity contribution in [1.82, 2.24) is 0 Å². The van der Waals surface area contributed by atoms with Crippen molar-refractivity contribution in [3.8, 4) is 0 Å². The summed E-state index contributed by atoms with van der Waals surface area (Å²) in [5.41, 5.74) is 0. The summed E-state index contributed by atoms with van der Waals surface area (Å²) in [4.78, 5) is 54.6. The van der Waals surface area contributed by atoms with Gasteiger partial charge in [-0.2, -0.15) is 0 Å². The van der Waals surface area contributed by atoms with Gasteiger partial charge in [0.1, 0.15) is 0 Å². The van der Waals surface area contributed by atoms with E-state index in [9.17, 15) is 0 Å². The van der Waals surface area contributed by atoms with Crippen molar-refractivity contribution < 1.29 is 133 Å². The second kappa shape index (κ2) is 21.2. The van der Waals surface area contributed by atoms with E-state index in [4.69, 9.17) is 59.4 Å². The molecule has 0 heterocycles. The quantitative estimate of drug-likeness (QED) is 0.169. The minimum absolute atomic E-state index is 0. The van der Waals surface area contributed by atoms with Crippen molar-refractivity contribution in [3.05, 3.63) is 0 Å². The molecule has 0 bridgehead atoms. The fraction of sp³-hybridized carbons (Fsp3) is 0. The summed E-state index contributed by atoms with van der Waals surface area (Å²) in [6.45, 7) is 0. The molecule has 0 saturated carbocycles. The summed E-state index contributed by atoms with van der Waals surface area (Å²) in [5, 5.41) is 44.3. The van der Waals surface area contributed by atoms with Gasteiger partial charge in [-0.05, 0) is 0 Å². The Morgan fingerprint density at radius 3 is 0.476 bits per heavy atom. The predicted octanol–water partition coefficient (Wildman–Crippen LogP) is -6.36. The summed E-state index contributed by atoms with van der Waals surface area (Å²) in [6, 6.07) is 0. The number of carbonyl (C=O) groups is 6. The van der Waals surface area contributed by atoms with Crippen LogP contribution in [0.4, 0.5) is 0 Å². The zero-order valence-corrected chi connectivity index (χ0v) is 14.2. The van der Waals surface area contributed by atoms with E-state index in [0.717, 1.165) is 0 Å². The maximum atomic E-state index is 9.10. The molecule has 0 aromatic carbocycles. The first kappa shape index (κ1) is 36.8. The third-order valence-electron chi connectivity index (χ3n) is 0.549. The van der Waals surface area contributed by atoms with E-state index in [2.05, 4.69) is 0 Å². The topological polar surface area (TPSA) is 255 Å². The number of hydrogen-bond acceptors (Lipinski definition) is 6. The summed E-state index contributed by atoms with van der Waals surface area (Å²) in [7, 11) is 0. The van der Waals surface area contributed by atoms with Crippen LogP contribution in [-0.4, -0.2) is 71.9 Å². The third-order valence-corrected chi connectivity index (χ3v) is 0.549. The van der Waals surface area contributed by atoms with Crippen LogP contribution in [0.15, 0.2) is 0 Å². The number of carboxylic acid groups (broad SMARTS) is 6. The minimum Gasteiger partial charge on any atom is -0.473 e. The van der Waals surface area contributed by atoms with Gasteiger partial charge < -0.3 is 36.1 Å². The second-order valence-electron chi connectivity index (χ2n) is 1.83. The van der Waals surface area contributed by atoms with Crippen LogP contribution in [0, 0.1) is 0 Å². The fourth-order valence-electron chi connectivity index (χ4n) is 0. The molecule has 0 aliphatic rings. The van der Waals surface area contributed by atoms with Gasteiger partial charge in [0.2, 0.25) is 0 Å². The summed E-state index contributed by atoms with van der Waals surface area (Å²) in [6.07, 6.45) is 0. The van der Waals surface area contributed by atoms with E-state index < -0.39 is 35.8 Å². The Kier molecular flexibility index (Phi) is 37.2. The van der Waals surface area contributed by atoms with E-state index in [-0.39, 0.29) is 73.9 Å². The van der Waals surface area contributed by atoms with Crippen LogP contribution in [0.5, 0.6) is 0 Å². The zero-order valence-electron chi connectivity index (χ0n) is 9.99. The van der Waals surface area contributed by atoms with Gasteiger partial charge in [-0.15, -0.1) is 0 Å². The van der Waals surface area contributed by atoms with Crippen molar-refractivity contribution >= 4 is 35.8 Å². The Hall–Kier alpha value is -1.06. The van der Waals surface area contributed by atoms with Gasteiger partial charge in [0.05, 0.1) is 0 Å². The summed E-state index contributed by atoms with van der Waals surface area (Å²) < 4.78 is 0. The van der Waals surface area contributed by atoms with Gasteiger partial charge in [0.25, 0.3) is 0 Å². The Morgan fingerprint density at radius 1 is 0.429 bits per heavy atom. The van der Waals surface area contributed by atoms with Crippen molar-refractivity contribution in [2.45, 2.75) is 0 Å². The molecule has 1 radical (unpaired) electrons. The first-order valence-electron chi connectivity index (χ1n) is 3.32. The smallest absolute Gasteiger partial charge is 0.473 e. The van der Waals surface area contributed by atoms with Gasteiger partial charge in [-0.1, -0.05) is 0 Å².